The molecule has 1 atom stereocenters. The summed E-state index contributed by atoms with van der Waals surface area (Å²) in [6, 6.07) is 10.3. The van der Waals surface area contributed by atoms with Crippen LogP contribution in [-0.2, 0) is 4.79 Å². The summed E-state index contributed by atoms with van der Waals surface area (Å²) in [5, 5.41) is 7.89. The molecule has 0 spiro atoms. The summed E-state index contributed by atoms with van der Waals surface area (Å²) in [5.41, 5.74) is 11.4. The van der Waals surface area contributed by atoms with Gasteiger partial charge in [0.2, 0.25) is 6.41 Å². The van der Waals surface area contributed by atoms with E-state index in [-0.39, 0.29) is 6.04 Å². The number of nitrogens with two attached hydrogens (primary N) is 1. The normalized spacial score (nSPS) is 11.6. The number of aromatic nitrogens is 2. The van der Waals surface area contributed by atoms with E-state index >= 15 is 0 Å². The molecule has 1 aromatic heterocycles. The number of fused-ring (bicyclic) bond motifs is 1. The van der Waals surface area contributed by atoms with Gasteiger partial charge in [0.1, 0.15) is 12.1 Å². The Bertz CT molecular complexity index is 1310. The van der Waals surface area contributed by atoms with Crippen LogP contribution in [0.1, 0.15) is 39.2 Å². The van der Waals surface area contributed by atoms with Crippen molar-refractivity contribution in [3.63, 3.8) is 0 Å². The van der Waals surface area contributed by atoms with Gasteiger partial charge >= 0.3 is 0 Å². The summed E-state index contributed by atoms with van der Waals surface area (Å²) < 4.78 is 0. The number of nitrogens with zero attached hydrogens (tertiary/aromatic N) is 5. The number of anilines is 3. The van der Waals surface area contributed by atoms with Gasteiger partial charge < -0.3 is 21.3 Å². The second-order valence-electron chi connectivity index (χ2n) is 8.88. The molecule has 4 N–H and O–H groups in total. The number of thioether (sulfide) groups is 1. The van der Waals surface area contributed by atoms with Crippen LogP contribution in [0, 0.1) is 0 Å². The van der Waals surface area contributed by atoms with Crippen molar-refractivity contribution in [2.24, 2.45) is 15.7 Å². The van der Waals surface area contributed by atoms with Crippen molar-refractivity contribution in [2.45, 2.75) is 44.6 Å². The molecule has 1 heterocycles. The molecule has 0 saturated carbocycles. The number of amides is 1. The third kappa shape index (κ3) is 11.1. The second kappa shape index (κ2) is 19.5. The monoisotopic (exact) mass is 596 g/mol. The van der Waals surface area contributed by atoms with Gasteiger partial charge in [-0.25, -0.2) is 9.97 Å². The molecule has 2 aromatic carbocycles. The molecule has 0 aliphatic carbocycles. The van der Waals surface area contributed by atoms with Gasteiger partial charge in [0.25, 0.3) is 0 Å². The highest BCUT2D eigenvalue weighted by atomic mass is 32.2. The zero-order valence-corrected chi connectivity index (χ0v) is 26.9. The van der Waals surface area contributed by atoms with Crippen LogP contribution in [0.4, 0.5) is 22.9 Å². The Labute approximate surface area is 254 Å². The Morgan fingerprint density at radius 1 is 1.24 bits per heavy atom. The summed E-state index contributed by atoms with van der Waals surface area (Å²) in [7, 11) is 3.49. The van der Waals surface area contributed by atoms with Crippen molar-refractivity contribution in [3.8, 4) is 0 Å². The van der Waals surface area contributed by atoms with Crippen molar-refractivity contribution in [1.82, 2.24) is 14.9 Å². The van der Waals surface area contributed by atoms with Crippen molar-refractivity contribution in [3.05, 3.63) is 48.3 Å². The van der Waals surface area contributed by atoms with Gasteiger partial charge in [-0.05, 0) is 75.4 Å². The maximum atomic E-state index is 9.82. The van der Waals surface area contributed by atoms with Crippen LogP contribution < -0.4 is 16.4 Å². The van der Waals surface area contributed by atoms with Gasteiger partial charge in [-0.2, -0.15) is 12.6 Å². The smallest absolute Gasteiger partial charge is 0.209 e. The number of hydrogen-bond donors (Lipinski definition) is 4. The maximum absolute atomic E-state index is 9.82. The highest BCUT2D eigenvalue weighted by Gasteiger charge is 2.14. The van der Waals surface area contributed by atoms with E-state index in [4.69, 9.17) is 5.73 Å². The first kappa shape index (κ1) is 35.5. The first-order valence-corrected chi connectivity index (χ1v) is 15.4. The third-order valence-electron chi connectivity index (χ3n) is 5.87. The second-order valence-corrected chi connectivity index (χ2v) is 9.72. The molecule has 1 amide bonds. The Kier molecular flexibility index (Phi) is 16.9. The number of nitrogens with one attached hydrogen (secondary N) is 2. The highest BCUT2D eigenvalue weighted by Crippen LogP contribution is 2.34. The Morgan fingerprint density at radius 2 is 1.98 bits per heavy atom. The minimum atomic E-state index is 0.281. The summed E-state index contributed by atoms with van der Waals surface area (Å²) >= 11 is 5.15. The SMILES string of the molecule is C=Nc1ccc(Nc2ncnc3cc(/C(N)=C/C=NC)c(NC(C)CC)cc23)cc1SC.CCCN(C)C=O.CS. The topological polar surface area (TPSA) is 121 Å². The molecular weight excluding hydrogens is 553 g/mol. The molecule has 0 radical (unpaired) electrons. The number of carbonyl (C=O) groups is 1. The molecule has 3 aromatic rings. The largest absolute Gasteiger partial charge is 0.398 e. The van der Waals surface area contributed by atoms with E-state index in [1.165, 1.54) is 0 Å². The fraction of sp³-hybridized carbons (Fsp3) is 0.367. The van der Waals surface area contributed by atoms with Crippen molar-refractivity contribution >= 4 is 83.2 Å². The lowest BCUT2D eigenvalue weighted by molar-refractivity contribution is -0.117. The Morgan fingerprint density at radius 3 is 2.54 bits per heavy atom. The summed E-state index contributed by atoms with van der Waals surface area (Å²) in [6.45, 7) is 10.8. The zero-order valence-electron chi connectivity index (χ0n) is 25.2. The maximum Gasteiger partial charge on any atom is 0.209 e. The number of rotatable bonds is 12. The van der Waals surface area contributed by atoms with E-state index in [0.717, 1.165) is 70.0 Å². The number of carbonyl (C=O) groups excluding carboxylic acids is 1. The number of aliphatic imine (C=N–C) groups is 2. The molecule has 0 aliphatic heterocycles. The predicted molar refractivity (Wildman–Crippen MR) is 184 cm³/mol. The van der Waals surface area contributed by atoms with E-state index in [0.29, 0.717) is 5.70 Å². The average Bonchev–Trinajstić information content (AvgIpc) is 3.01. The molecule has 9 nitrogen and oxygen atoms in total. The molecule has 11 heteroatoms. The fourth-order valence-corrected chi connectivity index (χ4v) is 4.19. The highest BCUT2D eigenvalue weighted by molar-refractivity contribution is 7.98. The lowest BCUT2D eigenvalue weighted by Crippen LogP contribution is -2.15. The lowest BCUT2D eigenvalue weighted by Gasteiger charge is -2.19. The van der Waals surface area contributed by atoms with Gasteiger partial charge in [-0.3, -0.25) is 14.8 Å². The number of hydrogen-bond acceptors (Lipinski definition) is 10. The predicted octanol–water partition coefficient (Wildman–Crippen LogP) is 6.67. The van der Waals surface area contributed by atoms with Crippen LogP contribution in [0.5, 0.6) is 0 Å². The quantitative estimate of drug-likeness (QED) is 0.0798. The van der Waals surface area contributed by atoms with Crippen LogP contribution >= 0.6 is 24.4 Å². The number of thiol groups is 1. The summed E-state index contributed by atoms with van der Waals surface area (Å²) in [5.74, 6) is 0.720. The van der Waals surface area contributed by atoms with E-state index in [9.17, 15) is 4.79 Å². The van der Waals surface area contributed by atoms with Crippen LogP contribution in [0.25, 0.3) is 16.6 Å². The van der Waals surface area contributed by atoms with Gasteiger partial charge in [0, 0.05) is 65.8 Å². The first-order chi connectivity index (χ1) is 19.8. The van der Waals surface area contributed by atoms with Crippen LogP contribution in [-0.4, -0.2) is 73.4 Å². The van der Waals surface area contributed by atoms with Crippen LogP contribution in [0.15, 0.2) is 57.6 Å². The van der Waals surface area contributed by atoms with E-state index in [2.05, 4.69) is 69.8 Å². The van der Waals surface area contributed by atoms with Crippen LogP contribution in [0.3, 0.4) is 0 Å². The van der Waals surface area contributed by atoms with Crippen molar-refractivity contribution in [1.29, 1.82) is 0 Å². The minimum Gasteiger partial charge on any atom is -0.398 e. The summed E-state index contributed by atoms with van der Waals surface area (Å²) in [4.78, 5) is 29.6. The molecule has 1 unspecified atom stereocenters. The molecule has 0 aliphatic rings. The number of allylic oxidation sites excluding steroid dienone is 1. The van der Waals surface area contributed by atoms with Crippen molar-refractivity contribution < 1.29 is 4.79 Å². The minimum absolute atomic E-state index is 0.281. The molecule has 0 fully saturated rings. The lowest BCUT2D eigenvalue weighted by atomic mass is 10.0. The molecule has 0 saturated heterocycles. The van der Waals surface area contributed by atoms with Crippen molar-refractivity contribution in [2.75, 3.05) is 43.8 Å². The Balaban J connectivity index is 0.000000816. The van der Waals surface area contributed by atoms with Gasteiger partial charge in [-0.15, -0.1) is 11.8 Å². The Hall–Kier alpha value is -3.57. The molecule has 3 rings (SSSR count). The molecule has 0 bridgehead atoms. The van der Waals surface area contributed by atoms with Gasteiger partial charge in [0.15, 0.2) is 0 Å². The first-order valence-electron chi connectivity index (χ1n) is 13.3. The molecule has 41 heavy (non-hydrogen) atoms. The average molecular weight is 597 g/mol. The van der Waals surface area contributed by atoms with E-state index in [1.54, 1.807) is 55.6 Å². The standard InChI is InChI=1S/C24H29N7S.C5H11NO.CH4S/c1-6-15(2)30-22-13-18-21(12-17(22)19(25)9-10-26-3)28-14-29-24(18)31-16-7-8-20(27-4)23(11-16)32-5;1-3-4-6(2)5-7;1-2/h7-15,30H,4,6,25H2,1-3,5H3,(H,28,29,31);5H,3-4H2,1-2H3;2H,1H3/b19-9-,26-10?;;. The van der Waals surface area contributed by atoms with E-state index < -0.39 is 0 Å². The van der Waals surface area contributed by atoms with E-state index in [1.807, 2.05) is 37.4 Å². The van der Waals surface area contributed by atoms with Gasteiger partial charge in [-0.1, -0.05) is 13.8 Å². The number of benzene rings is 2. The molecule has 222 valence electrons. The summed E-state index contributed by atoms with van der Waals surface area (Å²) in [6.07, 6.45) is 11.6. The molecular formula is C30H44N8OS2. The zero-order chi connectivity index (χ0) is 30.8. The van der Waals surface area contributed by atoms with Gasteiger partial charge in [0.05, 0.1) is 11.2 Å². The fourth-order valence-electron chi connectivity index (χ4n) is 3.60. The third-order valence-corrected chi connectivity index (χ3v) is 6.64. The van der Waals surface area contributed by atoms with Crippen LogP contribution in [0.2, 0.25) is 0 Å².